The fraction of sp³-hybridized carbons (Fsp3) is 0.273. The minimum absolute atomic E-state index is 0.304. The maximum Gasteiger partial charge on any atom is 0.324 e. The molecule has 4 nitrogen and oxygen atoms in total. The molecule has 0 aliphatic rings. The van der Waals surface area contributed by atoms with E-state index in [4.69, 9.17) is 0 Å². The van der Waals surface area contributed by atoms with Crippen molar-refractivity contribution in [3.8, 4) is 0 Å². The molecule has 15 heavy (non-hydrogen) atoms. The van der Waals surface area contributed by atoms with Crippen LogP contribution in [0.1, 0.15) is 17.3 Å². The molecule has 0 aromatic heterocycles. The lowest BCUT2D eigenvalue weighted by atomic mass is 10.2. The first-order valence-electron chi connectivity index (χ1n) is 4.77. The Kier molecular flexibility index (Phi) is 3.85. The number of rotatable bonds is 2. The van der Waals surface area contributed by atoms with E-state index < -0.39 is 0 Å². The van der Waals surface area contributed by atoms with Gasteiger partial charge in [-0.1, -0.05) is 18.2 Å². The van der Waals surface area contributed by atoms with Gasteiger partial charge in [-0.15, -0.1) is 0 Å². The average molecular weight is 206 g/mol. The summed E-state index contributed by atoms with van der Waals surface area (Å²) in [6.45, 7) is 2.31. The zero-order valence-corrected chi connectivity index (χ0v) is 8.86. The van der Waals surface area contributed by atoms with E-state index in [1.165, 1.54) is 7.05 Å². The van der Waals surface area contributed by atoms with Gasteiger partial charge < -0.3 is 5.32 Å². The molecule has 0 unspecified atom stereocenters. The van der Waals surface area contributed by atoms with Crippen LogP contribution in [-0.2, 0) is 0 Å². The smallest absolute Gasteiger partial charge is 0.324 e. The van der Waals surface area contributed by atoms with Gasteiger partial charge in [-0.25, -0.2) is 4.79 Å². The number of benzene rings is 1. The van der Waals surface area contributed by atoms with Crippen molar-refractivity contribution in [2.45, 2.75) is 6.92 Å². The van der Waals surface area contributed by atoms with Crippen molar-refractivity contribution in [1.82, 2.24) is 10.2 Å². The normalized spacial score (nSPS) is 9.47. The number of carbonyl (C=O) groups is 2. The third-order valence-electron chi connectivity index (χ3n) is 1.96. The Hall–Kier alpha value is -1.84. The van der Waals surface area contributed by atoms with E-state index in [9.17, 15) is 9.59 Å². The van der Waals surface area contributed by atoms with Crippen LogP contribution >= 0.6 is 0 Å². The lowest BCUT2D eigenvalue weighted by Gasteiger charge is -2.15. The van der Waals surface area contributed by atoms with Gasteiger partial charge in [-0.05, 0) is 19.1 Å². The van der Waals surface area contributed by atoms with E-state index in [1.54, 1.807) is 31.2 Å². The Morgan fingerprint density at radius 1 is 1.27 bits per heavy atom. The summed E-state index contributed by atoms with van der Waals surface area (Å²) in [4.78, 5) is 24.1. The summed E-state index contributed by atoms with van der Waals surface area (Å²) in [7, 11) is 1.46. The molecule has 3 amide bonds. The first-order valence-corrected chi connectivity index (χ1v) is 4.77. The molecule has 0 saturated carbocycles. The quantitative estimate of drug-likeness (QED) is 0.797. The average Bonchev–Trinajstić information content (AvgIpc) is 2.28. The minimum Gasteiger partial charge on any atom is -0.338 e. The van der Waals surface area contributed by atoms with Crippen molar-refractivity contribution in [2.24, 2.45) is 0 Å². The predicted octanol–water partition coefficient (Wildman–Crippen LogP) is 1.49. The zero-order chi connectivity index (χ0) is 11.3. The van der Waals surface area contributed by atoms with Crippen LogP contribution in [0, 0.1) is 0 Å². The summed E-state index contributed by atoms with van der Waals surface area (Å²) in [5.41, 5.74) is 0.506. The highest BCUT2D eigenvalue weighted by Crippen LogP contribution is 2.02. The number of nitrogens with one attached hydrogen (secondary N) is 1. The van der Waals surface area contributed by atoms with Crippen LogP contribution in [0.25, 0.3) is 0 Å². The first-order chi connectivity index (χ1) is 7.16. The van der Waals surface area contributed by atoms with Crippen LogP contribution in [0.4, 0.5) is 4.79 Å². The van der Waals surface area contributed by atoms with Gasteiger partial charge in [0.05, 0.1) is 0 Å². The van der Waals surface area contributed by atoms with Crippen LogP contribution in [0.5, 0.6) is 0 Å². The van der Waals surface area contributed by atoms with E-state index >= 15 is 0 Å². The van der Waals surface area contributed by atoms with Crippen molar-refractivity contribution >= 4 is 11.9 Å². The maximum absolute atomic E-state index is 11.7. The summed E-state index contributed by atoms with van der Waals surface area (Å²) in [5.74, 6) is -0.304. The number of hydrogen-bond donors (Lipinski definition) is 1. The van der Waals surface area contributed by atoms with Crippen molar-refractivity contribution in [1.29, 1.82) is 0 Å². The first kappa shape index (κ1) is 11.2. The number of amides is 3. The molecule has 4 heteroatoms. The Morgan fingerprint density at radius 2 is 1.87 bits per heavy atom. The number of carbonyl (C=O) groups excluding carboxylic acids is 2. The highest BCUT2D eigenvalue weighted by atomic mass is 16.2. The second-order valence-corrected chi connectivity index (χ2v) is 3.07. The molecular formula is C11H14N2O2. The Balaban J connectivity index is 2.73. The van der Waals surface area contributed by atoms with E-state index in [2.05, 4.69) is 5.32 Å². The molecule has 1 rings (SSSR count). The van der Waals surface area contributed by atoms with E-state index in [0.29, 0.717) is 12.1 Å². The third kappa shape index (κ3) is 2.80. The highest BCUT2D eigenvalue weighted by molar-refractivity contribution is 6.03. The molecule has 1 aromatic carbocycles. The molecular weight excluding hydrogens is 192 g/mol. The molecule has 0 aliphatic heterocycles. The highest BCUT2D eigenvalue weighted by Gasteiger charge is 2.16. The lowest BCUT2D eigenvalue weighted by molar-refractivity contribution is 0.0832. The third-order valence-corrected chi connectivity index (χ3v) is 1.96. The van der Waals surface area contributed by atoms with Crippen LogP contribution in [-0.4, -0.2) is 30.4 Å². The van der Waals surface area contributed by atoms with Gasteiger partial charge in [0.1, 0.15) is 0 Å². The van der Waals surface area contributed by atoms with Crippen LogP contribution in [0.3, 0.4) is 0 Å². The largest absolute Gasteiger partial charge is 0.338 e. The number of hydrogen-bond acceptors (Lipinski definition) is 2. The Morgan fingerprint density at radius 3 is 2.40 bits per heavy atom. The van der Waals surface area contributed by atoms with Gasteiger partial charge in [0, 0.05) is 19.2 Å². The standard InChI is InChI=1S/C11H14N2O2/c1-3-12-11(15)13(2)10(14)9-7-5-4-6-8-9/h4-8H,3H2,1-2H3,(H,12,15). The molecule has 0 fully saturated rings. The van der Waals surface area contributed by atoms with Gasteiger partial charge >= 0.3 is 6.03 Å². The zero-order valence-electron chi connectivity index (χ0n) is 8.86. The van der Waals surface area contributed by atoms with E-state index in [1.807, 2.05) is 6.07 Å². The summed E-state index contributed by atoms with van der Waals surface area (Å²) >= 11 is 0. The monoisotopic (exact) mass is 206 g/mol. The molecule has 0 atom stereocenters. The van der Waals surface area contributed by atoms with Gasteiger partial charge in [0.2, 0.25) is 0 Å². The predicted molar refractivity (Wildman–Crippen MR) is 57.6 cm³/mol. The number of urea groups is 1. The summed E-state index contributed by atoms with van der Waals surface area (Å²) in [6, 6.07) is 8.32. The molecule has 0 bridgehead atoms. The molecule has 0 heterocycles. The second kappa shape index (κ2) is 5.14. The molecule has 1 aromatic rings. The number of imide groups is 1. The maximum atomic E-state index is 11.7. The molecule has 0 saturated heterocycles. The van der Waals surface area contributed by atoms with Crippen LogP contribution < -0.4 is 5.32 Å². The van der Waals surface area contributed by atoms with Crippen molar-refractivity contribution in [2.75, 3.05) is 13.6 Å². The summed E-state index contributed by atoms with van der Waals surface area (Å²) < 4.78 is 0. The van der Waals surface area contributed by atoms with Crippen molar-refractivity contribution in [3.05, 3.63) is 35.9 Å². The minimum atomic E-state index is -0.383. The summed E-state index contributed by atoms with van der Waals surface area (Å²) in [6.07, 6.45) is 0. The van der Waals surface area contributed by atoms with E-state index in [-0.39, 0.29) is 11.9 Å². The molecule has 0 aliphatic carbocycles. The van der Waals surface area contributed by atoms with Gasteiger partial charge in [-0.3, -0.25) is 9.69 Å². The van der Waals surface area contributed by atoms with Crippen LogP contribution in [0.2, 0.25) is 0 Å². The second-order valence-electron chi connectivity index (χ2n) is 3.07. The van der Waals surface area contributed by atoms with Gasteiger partial charge in [0.25, 0.3) is 5.91 Å². The molecule has 0 radical (unpaired) electrons. The molecule has 1 N–H and O–H groups in total. The number of nitrogens with zero attached hydrogens (tertiary/aromatic N) is 1. The Labute approximate surface area is 88.9 Å². The van der Waals surface area contributed by atoms with Crippen LogP contribution in [0.15, 0.2) is 30.3 Å². The molecule has 0 spiro atoms. The topological polar surface area (TPSA) is 49.4 Å². The van der Waals surface area contributed by atoms with Gasteiger partial charge in [-0.2, -0.15) is 0 Å². The summed E-state index contributed by atoms with van der Waals surface area (Å²) in [5, 5.41) is 2.56. The molecule has 80 valence electrons. The van der Waals surface area contributed by atoms with Gasteiger partial charge in [0.15, 0.2) is 0 Å². The fourth-order valence-corrected chi connectivity index (χ4v) is 1.14. The SMILES string of the molecule is CCNC(=O)N(C)C(=O)c1ccccc1. The van der Waals surface area contributed by atoms with Crippen molar-refractivity contribution in [3.63, 3.8) is 0 Å². The van der Waals surface area contributed by atoms with Crippen molar-refractivity contribution < 1.29 is 9.59 Å². The van der Waals surface area contributed by atoms with E-state index in [0.717, 1.165) is 4.90 Å². The Bertz CT molecular complexity index is 349. The lowest BCUT2D eigenvalue weighted by Crippen LogP contribution is -2.40. The fourth-order valence-electron chi connectivity index (χ4n) is 1.14.